The van der Waals surface area contributed by atoms with E-state index in [4.69, 9.17) is 9.47 Å². The van der Waals surface area contributed by atoms with Crippen LogP contribution in [0.4, 0.5) is 0 Å². The number of likely N-dealkylation sites (tertiary alicyclic amines) is 1. The van der Waals surface area contributed by atoms with Gasteiger partial charge in [-0.15, -0.1) is 0 Å². The second kappa shape index (κ2) is 7.76. The van der Waals surface area contributed by atoms with Crippen LogP contribution in [0.2, 0.25) is 0 Å². The van der Waals surface area contributed by atoms with Crippen LogP contribution >= 0.6 is 0 Å². The summed E-state index contributed by atoms with van der Waals surface area (Å²) >= 11 is 0. The minimum absolute atomic E-state index is 0.00613. The molecule has 2 aliphatic heterocycles. The maximum atomic E-state index is 13.2. The lowest BCUT2D eigenvalue weighted by molar-refractivity contribution is -0.141. The van der Waals surface area contributed by atoms with Gasteiger partial charge in [0.2, 0.25) is 0 Å². The first-order valence-corrected chi connectivity index (χ1v) is 10.8. The summed E-state index contributed by atoms with van der Waals surface area (Å²) in [5.41, 5.74) is 2.42. The smallest absolute Gasteiger partial charge is 0.295 e. The molecule has 1 saturated carbocycles. The van der Waals surface area contributed by atoms with Gasteiger partial charge in [-0.3, -0.25) is 9.59 Å². The van der Waals surface area contributed by atoms with Crippen LogP contribution in [-0.2, 0) is 9.59 Å². The Bertz CT molecular complexity index is 1080. The molecule has 1 amide bonds. The Labute approximate surface area is 181 Å². The zero-order chi connectivity index (χ0) is 21.5. The number of ether oxygens (including phenoxy) is 2. The first-order valence-electron chi connectivity index (χ1n) is 10.8. The summed E-state index contributed by atoms with van der Waals surface area (Å²) in [6.45, 7) is 2.86. The number of carbonyl (C=O) groups excluding carboxylic acids is 2. The third kappa shape index (κ3) is 3.26. The van der Waals surface area contributed by atoms with Crippen LogP contribution in [0.15, 0.2) is 48.0 Å². The summed E-state index contributed by atoms with van der Waals surface area (Å²) < 4.78 is 11.2. The van der Waals surface area contributed by atoms with Crippen molar-refractivity contribution in [3.05, 3.63) is 64.7 Å². The molecule has 1 N–H and O–H groups in total. The predicted molar refractivity (Wildman–Crippen MR) is 115 cm³/mol. The topological polar surface area (TPSA) is 76.1 Å². The van der Waals surface area contributed by atoms with Crippen molar-refractivity contribution in [2.45, 2.75) is 44.7 Å². The molecule has 1 unspecified atom stereocenters. The number of hydrogen-bond donors (Lipinski definition) is 1. The molecule has 2 fully saturated rings. The van der Waals surface area contributed by atoms with Gasteiger partial charge in [-0.2, -0.15) is 0 Å². The third-order valence-electron chi connectivity index (χ3n) is 6.50. The molecule has 2 aromatic carbocycles. The molecule has 0 radical (unpaired) electrons. The molecule has 2 heterocycles. The quantitative estimate of drug-likeness (QED) is 0.460. The van der Waals surface area contributed by atoms with E-state index in [9.17, 15) is 14.7 Å². The Morgan fingerprint density at radius 1 is 1.00 bits per heavy atom. The molecule has 0 spiro atoms. The molecule has 0 bridgehead atoms. The van der Waals surface area contributed by atoms with Crippen LogP contribution < -0.4 is 9.47 Å². The van der Waals surface area contributed by atoms with E-state index in [1.54, 1.807) is 23.1 Å². The van der Waals surface area contributed by atoms with Crippen LogP contribution in [-0.4, -0.2) is 41.0 Å². The number of aliphatic hydroxyl groups excluding tert-OH is 1. The molecule has 160 valence electrons. The van der Waals surface area contributed by atoms with E-state index in [2.05, 4.69) is 0 Å². The van der Waals surface area contributed by atoms with Gasteiger partial charge in [-0.1, -0.05) is 37.1 Å². The Kier molecular flexibility index (Phi) is 4.93. The Morgan fingerprint density at radius 3 is 2.45 bits per heavy atom. The molecule has 3 aliphatic rings. The van der Waals surface area contributed by atoms with Gasteiger partial charge in [0.05, 0.1) is 11.6 Å². The fourth-order valence-electron chi connectivity index (χ4n) is 4.95. The number of nitrogens with zero attached hydrogens (tertiary/aromatic N) is 1. The van der Waals surface area contributed by atoms with Gasteiger partial charge in [0, 0.05) is 11.6 Å². The molecule has 6 nitrogen and oxygen atoms in total. The SMILES string of the molecule is Cc1ccccc1C1/C(=C(\O)c2ccc3c(c2)OCCO3)C(=O)C(=O)N1C1CCCC1. The van der Waals surface area contributed by atoms with Crippen molar-refractivity contribution in [1.29, 1.82) is 0 Å². The summed E-state index contributed by atoms with van der Waals surface area (Å²) in [6, 6.07) is 12.2. The Morgan fingerprint density at radius 2 is 1.71 bits per heavy atom. The molecule has 31 heavy (non-hydrogen) atoms. The second-order valence-electron chi connectivity index (χ2n) is 8.36. The monoisotopic (exact) mass is 419 g/mol. The summed E-state index contributed by atoms with van der Waals surface area (Å²) in [4.78, 5) is 28.1. The number of Topliss-reactive ketones (excluding diaryl/α,β-unsaturated/α-hetero) is 1. The van der Waals surface area contributed by atoms with Gasteiger partial charge in [0.15, 0.2) is 11.5 Å². The fraction of sp³-hybridized carbons (Fsp3) is 0.360. The average Bonchev–Trinajstić information content (AvgIpc) is 3.40. The van der Waals surface area contributed by atoms with Crippen molar-refractivity contribution < 1.29 is 24.2 Å². The number of aliphatic hydroxyl groups is 1. The van der Waals surface area contributed by atoms with Crippen LogP contribution in [0.1, 0.15) is 48.4 Å². The summed E-state index contributed by atoms with van der Waals surface area (Å²) in [7, 11) is 0. The van der Waals surface area contributed by atoms with Gasteiger partial charge in [-0.05, 0) is 49.1 Å². The normalized spacial score (nSPS) is 22.9. The number of hydrogen-bond acceptors (Lipinski definition) is 5. The Balaban J connectivity index is 1.67. The first kappa shape index (κ1) is 19.7. The standard InChI is InChI=1S/C25H25NO5/c1-15-6-2-5-9-18(15)22-21(24(28)25(29)26(22)17-7-3-4-8-17)23(27)16-10-11-19-20(14-16)31-13-12-30-19/h2,5-6,9-11,14,17,22,27H,3-4,7-8,12-13H2,1H3/b23-21+. The van der Waals surface area contributed by atoms with E-state index in [1.807, 2.05) is 31.2 Å². The van der Waals surface area contributed by atoms with Gasteiger partial charge in [0.25, 0.3) is 11.7 Å². The average molecular weight is 419 g/mol. The fourth-order valence-corrected chi connectivity index (χ4v) is 4.95. The van der Waals surface area contributed by atoms with Gasteiger partial charge in [0.1, 0.15) is 19.0 Å². The highest BCUT2D eigenvalue weighted by Gasteiger charge is 2.49. The van der Waals surface area contributed by atoms with Gasteiger partial charge >= 0.3 is 0 Å². The highest BCUT2D eigenvalue weighted by Crippen LogP contribution is 2.45. The molecular formula is C25H25NO5. The van der Waals surface area contributed by atoms with E-state index in [1.165, 1.54) is 0 Å². The van der Waals surface area contributed by atoms with Crippen molar-refractivity contribution in [3.63, 3.8) is 0 Å². The number of rotatable bonds is 3. The van der Waals surface area contributed by atoms with Crippen molar-refractivity contribution in [3.8, 4) is 11.5 Å². The summed E-state index contributed by atoms with van der Waals surface area (Å²) in [5.74, 6) is -0.215. The van der Waals surface area contributed by atoms with Crippen molar-refractivity contribution in [1.82, 2.24) is 4.90 Å². The highest BCUT2D eigenvalue weighted by atomic mass is 16.6. The lowest BCUT2D eigenvalue weighted by Crippen LogP contribution is -2.37. The van der Waals surface area contributed by atoms with Crippen molar-refractivity contribution >= 4 is 17.4 Å². The third-order valence-corrected chi connectivity index (χ3v) is 6.50. The van der Waals surface area contributed by atoms with Crippen LogP contribution in [0.5, 0.6) is 11.5 Å². The Hall–Kier alpha value is -3.28. The first-order chi connectivity index (χ1) is 15.1. The van der Waals surface area contributed by atoms with E-state index >= 15 is 0 Å². The minimum atomic E-state index is -0.632. The lowest BCUT2D eigenvalue weighted by atomic mass is 9.92. The summed E-state index contributed by atoms with van der Waals surface area (Å²) in [5, 5.41) is 11.3. The molecule has 2 aromatic rings. The largest absolute Gasteiger partial charge is 0.507 e. The maximum Gasteiger partial charge on any atom is 0.295 e. The number of aryl methyl sites for hydroxylation is 1. The summed E-state index contributed by atoms with van der Waals surface area (Å²) in [6.07, 6.45) is 3.82. The van der Waals surface area contributed by atoms with Gasteiger partial charge in [-0.25, -0.2) is 0 Å². The molecule has 1 saturated heterocycles. The van der Waals surface area contributed by atoms with E-state index in [0.29, 0.717) is 30.3 Å². The zero-order valence-corrected chi connectivity index (χ0v) is 17.5. The number of carbonyl (C=O) groups is 2. The predicted octanol–water partition coefficient (Wildman–Crippen LogP) is 4.13. The van der Waals surface area contributed by atoms with Crippen LogP contribution in [0.3, 0.4) is 0 Å². The van der Waals surface area contributed by atoms with Crippen molar-refractivity contribution in [2.75, 3.05) is 13.2 Å². The molecule has 1 aliphatic carbocycles. The number of amides is 1. The van der Waals surface area contributed by atoms with Crippen LogP contribution in [0, 0.1) is 6.92 Å². The molecule has 6 heteroatoms. The second-order valence-corrected chi connectivity index (χ2v) is 8.36. The minimum Gasteiger partial charge on any atom is -0.507 e. The number of ketones is 1. The van der Waals surface area contributed by atoms with Crippen LogP contribution in [0.25, 0.3) is 5.76 Å². The molecule has 0 aromatic heterocycles. The number of benzene rings is 2. The number of fused-ring (bicyclic) bond motifs is 1. The van der Waals surface area contributed by atoms with Gasteiger partial charge < -0.3 is 19.5 Å². The van der Waals surface area contributed by atoms with E-state index in [-0.39, 0.29) is 17.4 Å². The molecule has 5 rings (SSSR count). The highest BCUT2D eigenvalue weighted by molar-refractivity contribution is 6.46. The molecule has 1 atom stereocenters. The van der Waals surface area contributed by atoms with Crippen molar-refractivity contribution in [2.24, 2.45) is 0 Å². The maximum absolute atomic E-state index is 13.2. The van der Waals surface area contributed by atoms with E-state index in [0.717, 1.165) is 36.8 Å². The zero-order valence-electron chi connectivity index (χ0n) is 17.5. The molecular weight excluding hydrogens is 394 g/mol. The lowest BCUT2D eigenvalue weighted by Gasteiger charge is -2.31. The van der Waals surface area contributed by atoms with E-state index < -0.39 is 17.7 Å².